The van der Waals surface area contributed by atoms with Crippen molar-refractivity contribution in [3.63, 3.8) is 0 Å². The fourth-order valence-corrected chi connectivity index (χ4v) is 1.91. The van der Waals surface area contributed by atoms with Gasteiger partial charge in [-0.2, -0.15) is 13.2 Å². The Bertz CT molecular complexity index is 259. The van der Waals surface area contributed by atoms with Gasteiger partial charge in [0, 0.05) is 20.2 Å². The van der Waals surface area contributed by atoms with Gasteiger partial charge in [-0.15, -0.1) is 0 Å². The minimum Gasteiger partial charge on any atom is -0.465 e. The highest BCUT2D eigenvalue weighted by Crippen LogP contribution is 2.46. The van der Waals surface area contributed by atoms with Crippen LogP contribution in [0.2, 0.25) is 0 Å². The van der Waals surface area contributed by atoms with Crippen LogP contribution in [-0.4, -0.2) is 49.1 Å². The molecular formula is C9H14F3NO3. The Morgan fingerprint density at radius 2 is 1.94 bits per heavy atom. The maximum atomic E-state index is 12.9. The van der Waals surface area contributed by atoms with Crippen molar-refractivity contribution in [2.45, 2.75) is 19.0 Å². The van der Waals surface area contributed by atoms with Gasteiger partial charge in [0.05, 0.1) is 12.0 Å². The number of methoxy groups -OCH3 is 1. The summed E-state index contributed by atoms with van der Waals surface area (Å²) in [6.07, 6.45) is -6.01. The Morgan fingerprint density at radius 1 is 1.44 bits per heavy atom. The van der Waals surface area contributed by atoms with Gasteiger partial charge in [-0.3, -0.25) is 0 Å². The average Bonchev–Trinajstić information content (AvgIpc) is 2.17. The highest BCUT2D eigenvalue weighted by molar-refractivity contribution is 5.65. The van der Waals surface area contributed by atoms with Crippen LogP contribution >= 0.6 is 0 Å². The number of nitrogens with zero attached hydrogens (tertiary/aromatic N) is 1. The highest BCUT2D eigenvalue weighted by Gasteiger charge is 2.56. The molecule has 0 radical (unpaired) electrons. The molecule has 1 amide bonds. The van der Waals surface area contributed by atoms with E-state index in [4.69, 9.17) is 5.11 Å². The summed E-state index contributed by atoms with van der Waals surface area (Å²) in [6.45, 7) is -0.611. The topological polar surface area (TPSA) is 49.8 Å². The van der Waals surface area contributed by atoms with E-state index in [0.29, 0.717) is 0 Å². The molecule has 0 atom stereocenters. The van der Waals surface area contributed by atoms with Crippen molar-refractivity contribution in [3.05, 3.63) is 0 Å². The first-order valence-corrected chi connectivity index (χ1v) is 4.86. The fraction of sp³-hybridized carbons (Fsp3) is 0.889. The maximum absolute atomic E-state index is 12.9. The minimum atomic E-state index is -4.35. The summed E-state index contributed by atoms with van der Waals surface area (Å²) >= 11 is 0. The van der Waals surface area contributed by atoms with Gasteiger partial charge >= 0.3 is 12.3 Å². The zero-order valence-electron chi connectivity index (χ0n) is 8.88. The molecule has 0 aromatic rings. The Labute approximate surface area is 91.0 Å². The summed E-state index contributed by atoms with van der Waals surface area (Å²) in [6, 6.07) is 0. The largest absolute Gasteiger partial charge is 0.465 e. The number of halogens is 3. The lowest BCUT2D eigenvalue weighted by Gasteiger charge is -2.41. The summed E-state index contributed by atoms with van der Waals surface area (Å²) < 4.78 is 43.2. The molecule has 1 N–H and O–H groups in total. The Hall–Kier alpha value is -0.980. The third kappa shape index (κ3) is 2.40. The normalized spacial score (nSPS) is 20.9. The van der Waals surface area contributed by atoms with E-state index >= 15 is 0 Å². The Morgan fingerprint density at radius 3 is 2.25 bits per heavy atom. The number of carbonyl (C=O) groups is 1. The van der Waals surface area contributed by atoms with Crippen molar-refractivity contribution in [3.8, 4) is 0 Å². The van der Waals surface area contributed by atoms with E-state index in [1.54, 1.807) is 0 Å². The first kappa shape index (κ1) is 13.1. The van der Waals surface area contributed by atoms with Crippen molar-refractivity contribution in [1.82, 2.24) is 4.90 Å². The SMILES string of the molecule is COCC1(C(F)(F)F)CCN(C(=O)O)CC1. The average molecular weight is 241 g/mol. The molecule has 0 aromatic carbocycles. The quantitative estimate of drug-likeness (QED) is 0.803. The lowest BCUT2D eigenvalue weighted by molar-refractivity contribution is -0.250. The third-order valence-electron chi connectivity index (χ3n) is 3.01. The molecule has 16 heavy (non-hydrogen) atoms. The molecular weight excluding hydrogens is 227 g/mol. The standard InChI is InChI=1S/C9H14F3NO3/c1-16-6-8(9(10,11)12)2-4-13(5-3-8)7(14)15/h2-6H2,1H3,(H,14,15). The van der Waals surface area contributed by atoms with Gasteiger partial charge in [-0.25, -0.2) is 4.79 Å². The van der Waals surface area contributed by atoms with Crippen LogP contribution in [-0.2, 0) is 4.74 Å². The number of hydrogen-bond donors (Lipinski definition) is 1. The van der Waals surface area contributed by atoms with Crippen LogP contribution in [0.3, 0.4) is 0 Å². The van der Waals surface area contributed by atoms with Crippen LogP contribution in [0.4, 0.5) is 18.0 Å². The lowest BCUT2D eigenvalue weighted by Crippen LogP contribution is -2.51. The van der Waals surface area contributed by atoms with E-state index in [1.807, 2.05) is 0 Å². The molecule has 1 saturated heterocycles. The number of piperidine rings is 1. The molecule has 1 aliphatic rings. The molecule has 0 unspecified atom stereocenters. The predicted molar refractivity (Wildman–Crippen MR) is 49.2 cm³/mol. The number of amides is 1. The zero-order valence-corrected chi connectivity index (χ0v) is 8.88. The van der Waals surface area contributed by atoms with Gasteiger partial charge in [0.1, 0.15) is 0 Å². The number of alkyl halides is 3. The summed E-state index contributed by atoms with van der Waals surface area (Å²) in [4.78, 5) is 11.6. The molecule has 1 rings (SSSR count). The van der Waals surface area contributed by atoms with E-state index in [2.05, 4.69) is 4.74 Å². The van der Waals surface area contributed by atoms with Crippen molar-refractivity contribution < 1.29 is 27.8 Å². The van der Waals surface area contributed by atoms with Crippen LogP contribution in [0.15, 0.2) is 0 Å². The van der Waals surface area contributed by atoms with Crippen LogP contribution in [0, 0.1) is 5.41 Å². The second-order valence-corrected chi connectivity index (χ2v) is 3.98. The molecule has 0 spiro atoms. The predicted octanol–water partition coefficient (Wildman–Crippen LogP) is 1.96. The minimum absolute atomic E-state index is 0.0990. The van der Waals surface area contributed by atoms with E-state index < -0.39 is 24.3 Å². The second-order valence-electron chi connectivity index (χ2n) is 3.98. The number of hydrogen-bond acceptors (Lipinski definition) is 2. The number of ether oxygens (including phenoxy) is 1. The smallest absolute Gasteiger partial charge is 0.407 e. The first-order valence-electron chi connectivity index (χ1n) is 4.86. The first-order chi connectivity index (χ1) is 7.32. The lowest BCUT2D eigenvalue weighted by atomic mass is 9.78. The fourth-order valence-electron chi connectivity index (χ4n) is 1.91. The van der Waals surface area contributed by atoms with Gasteiger partial charge in [-0.05, 0) is 12.8 Å². The van der Waals surface area contributed by atoms with Crippen molar-refractivity contribution in [2.75, 3.05) is 26.8 Å². The Kier molecular flexibility index (Phi) is 3.67. The summed E-state index contributed by atoms with van der Waals surface area (Å²) in [5.74, 6) is 0. The van der Waals surface area contributed by atoms with E-state index in [-0.39, 0.29) is 25.9 Å². The van der Waals surface area contributed by atoms with Crippen LogP contribution in [0.1, 0.15) is 12.8 Å². The van der Waals surface area contributed by atoms with Crippen LogP contribution in [0.5, 0.6) is 0 Å². The summed E-state index contributed by atoms with van der Waals surface area (Å²) in [5.41, 5.74) is -1.90. The van der Waals surface area contributed by atoms with Gasteiger partial charge in [-0.1, -0.05) is 0 Å². The third-order valence-corrected chi connectivity index (χ3v) is 3.01. The van der Waals surface area contributed by atoms with Crippen molar-refractivity contribution in [1.29, 1.82) is 0 Å². The zero-order chi connectivity index (χ0) is 12.4. The molecule has 7 heteroatoms. The molecule has 1 heterocycles. The summed E-state index contributed by atoms with van der Waals surface area (Å²) in [5, 5.41) is 8.65. The maximum Gasteiger partial charge on any atom is 0.407 e. The number of rotatable bonds is 2. The van der Waals surface area contributed by atoms with E-state index in [1.165, 1.54) is 7.11 Å². The second kappa shape index (κ2) is 4.48. The summed E-state index contributed by atoms with van der Waals surface area (Å²) in [7, 11) is 1.22. The van der Waals surface area contributed by atoms with E-state index in [9.17, 15) is 18.0 Å². The monoisotopic (exact) mass is 241 g/mol. The van der Waals surface area contributed by atoms with Gasteiger partial charge in [0.25, 0.3) is 0 Å². The van der Waals surface area contributed by atoms with E-state index in [0.717, 1.165) is 4.90 Å². The molecule has 0 bridgehead atoms. The number of carboxylic acid groups (broad SMARTS) is 1. The molecule has 0 aliphatic carbocycles. The molecule has 4 nitrogen and oxygen atoms in total. The molecule has 0 saturated carbocycles. The Balaban J connectivity index is 2.74. The number of likely N-dealkylation sites (tertiary alicyclic amines) is 1. The van der Waals surface area contributed by atoms with Crippen molar-refractivity contribution in [2.24, 2.45) is 5.41 Å². The van der Waals surface area contributed by atoms with Gasteiger partial charge in [0.15, 0.2) is 0 Å². The molecule has 0 aromatic heterocycles. The van der Waals surface area contributed by atoms with Gasteiger partial charge in [0.2, 0.25) is 0 Å². The molecule has 1 fully saturated rings. The van der Waals surface area contributed by atoms with Gasteiger partial charge < -0.3 is 14.7 Å². The molecule has 94 valence electrons. The van der Waals surface area contributed by atoms with Crippen molar-refractivity contribution >= 4 is 6.09 Å². The molecule has 1 aliphatic heterocycles. The highest BCUT2D eigenvalue weighted by atomic mass is 19.4. The van der Waals surface area contributed by atoms with Crippen LogP contribution < -0.4 is 0 Å². The van der Waals surface area contributed by atoms with Crippen LogP contribution in [0.25, 0.3) is 0 Å².